The highest BCUT2D eigenvalue weighted by Crippen LogP contribution is 2.30. The van der Waals surface area contributed by atoms with E-state index >= 15 is 0 Å². The van der Waals surface area contributed by atoms with E-state index in [1.807, 2.05) is 22.6 Å². The maximum atomic E-state index is 12.9. The van der Waals surface area contributed by atoms with E-state index in [1.165, 1.54) is 0 Å². The molecule has 8 heteroatoms. The summed E-state index contributed by atoms with van der Waals surface area (Å²) in [6, 6.07) is 7.05. The lowest BCUT2D eigenvalue weighted by molar-refractivity contribution is -0.132. The molecule has 2 aliphatic heterocycles. The quantitative estimate of drug-likeness (QED) is 0.781. The third kappa shape index (κ3) is 4.16. The molecule has 3 heterocycles. The summed E-state index contributed by atoms with van der Waals surface area (Å²) in [6.07, 6.45) is 3.43. The van der Waals surface area contributed by atoms with Crippen LogP contribution >= 0.6 is 0 Å². The molecule has 0 aliphatic carbocycles. The van der Waals surface area contributed by atoms with Crippen LogP contribution in [0.15, 0.2) is 30.5 Å². The molecule has 0 radical (unpaired) electrons. The summed E-state index contributed by atoms with van der Waals surface area (Å²) in [6.45, 7) is 3.69. The molecule has 4 rings (SSSR count). The number of nitrogens with zero attached hydrogens (tertiary/aromatic N) is 3. The highest BCUT2D eigenvalue weighted by Gasteiger charge is 2.28. The van der Waals surface area contributed by atoms with Gasteiger partial charge in [-0.15, -0.1) is 0 Å². The first kappa shape index (κ1) is 19.2. The van der Waals surface area contributed by atoms with Crippen LogP contribution in [0.5, 0.6) is 5.75 Å². The van der Waals surface area contributed by atoms with Gasteiger partial charge in [-0.1, -0.05) is 0 Å². The fourth-order valence-corrected chi connectivity index (χ4v) is 3.86. The summed E-state index contributed by atoms with van der Waals surface area (Å²) in [7, 11) is 0. The van der Waals surface area contributed by atoms with Gasteiger partial charge in [0.15, 0.2) is 12.4 Å². The van der Waals surface area contributed by atoms with Gasteiger partial charge >= 0.3 is 0 Å². The number of hydrogen-bond donors (Lipinski definition) is 1. The fourth-order valence-electron chi connectivity index (χ4n) is 3.86. The number of carbonyl (C=O) groups is 3. The number of anilines is 1. The predicted octanol–water partition coefficient (Wildman–Crippen LogP) is 2.03. The number of aryl methyl sites for hydroxylation is 2. The van der Waals surface area contributed by atoms with Crippen molar-refractivity contribution in [2.45, 2.75) is 32.7 Å². The molecule has 29 heavy (non-hydrogen) atoms. The van der Waals surface area contributed by atoms with E-state index in [9.17, 15) is 14.4 Å². The Morgan fingerprint density at radius 2 is 2.03 bits per heavy atom. The van der Waals surface area contributed by atoms with Crippen LogP contribution in [0.4, 0.5) is 5.69 Å². The second kappa shape index (κ2) is 8.06. The number of amides is 2. The largest absolute Gasteiger partial charge is 0.482 e. The lowest BCUT2D eigenvalue weighted by Gasteiger charge is -2.31. The minimum absolute atomic E-state index is 0.00720. The highest BCUT2D eigenvalue weighted by molar-refractivity contribution is 6.01. The van der Waals surface area contributed by atoms with Gasteiger partial charge in [-0.3, -0.25) is 19.1 Å². The van der Waals surface area contributed by atoms with Gasteiger partial charge in [-0.05, 0) is 44.0 Å². The van der Waals surface area contributed by atoms with E-state index in [4.69, 9.17) is 4.74 Å². The molecule has 1 fully saturated rings. The monoisotopic (exact) mass is 396 g/mol. The van der Waals surface area contributed by atoms with Gasteiger partial charge in [0.1, 0.15) is 5.75 Å². The second-order valence-corrected chi connectivity index (χ2v) is 7.51. The molecule has 2 aliphatic rings. The van der Waals surface area contributed by atoms with Crippen molar-refractivity contribution in [3.63, 3.8) is 0 Å². The van der Waals surface area contributed by atoms with Crippen LogP contribution in [-0.2, 0) is 16.1 Å². The third-order valence-corrected chi connectivity index (χ3v) is 5.58. The first-order chi connectivity index (χ1) is 14.0. The number of aromatic nitrogens is 2. The highest BCUT2D eigenvalue weighted by atomic mass is 16.5. The van der Waals surface area contributed by atoms with E-state index in [1.54, 1.807) is 24.4 Å². The van der Waals surface area contributed by atoms with Crippen LogP contribution in [-0.4, -0.2) is 52.0 Å². The Morgan fingerprint density at radius 1 is 1.24 bits per heavy atom. The summed E-state index contributed by atoms with van der Waals surface area (Å²) >= 11 is 0. The van der Waals surface area contributed by atoms with E-state index in [0.29, 0.717) is 55.9 Å². The van der Waals surface area contributed by atoms with Gasteiger partial charge in [0.05, 0.1) is 5.69 Å². The molecule has 0 atom stereocenters. The molecule has 0 unspecified atom stereocenters. The van der Waals surface area contributed by atoms with Crippen LogP contribution in [0.3, 0.4) is 0 Å². The minimum atomic E-state index is -0.223. The van der Waals surface area contributed by atoms with Crippen LogP contribution in [0.25, 0.3) is 0 Å². The molecule has 2 amide bonds. The van der Waals surface area contributed by atoms with Crippen LogP contribution < -0.4 is 10.1 Å². The topological polar surface area (TPSA) is 93.5 Å². The van der Waals surface area contributed by atoms with Crippen molar-refractivity contribution in [2.75, 3.05) is 25.0 Å². The van der Waals surface area contributed by atoms with Crippen molar-refractivity contribution in [1.82, 2.24) is 14.7 Å². The number of ketones is 1. The Hall–Kier alpha value is -3.16. The zero-order valence-corrected chi connectivity index (χ0v) is 16.4. The third-order valence-electron chi connectivity index (χ3n) is 5.58. The maximum absolute atomic E-state index is 12.9. The number of nitrogens with one attached hydrogen (secondary N) is 1. The normalized spacial score (nSPS) is 16.7. The minimum Gasteiger partial charge on any atom is -0.482 e. The van der Waals surface area contributed by atoms with Crippen LogP contribution in [0, 0.1) is 12.8 Å². The molecule has 1 N–H and O–H groups in total. The summed E-state index contributed by atoms with van der Waals surface area (Å²) in [5, 5.41) is 6.94. The summed E-state index contributed by atoms with van der Waals surface area (Å²) in [4.78, 5) is 38.7. The first-order valence-corrected chi connectivity index (χ1v) is 9.88. The molecular weight excluding hydrogens is 372 g/mol. The number of likely N-dealkylation sites (tertiary alicyclic amines) is 1. The fraction of sp³-hybridized carbons (Fsp3) is 0.429. The number of benzene rings is 1. The Morgan fingerprint density at radius 3 is 2.76 bits per heavy atom. The Bertz CT molecular complexity index is 944. The number of Topliss-reactive ketones (excluding diaryl/α,β-unsaturated/α-hetero) is 1. The zero-order valence-electron chi connectivity index (χ0n) is 16.4. The predicted molar refractivity (Wildman–Crippen MR) is 106 cm³/mol. The lowest BCUT2D eigenvalue weighted by Crippen LogP contribution is -2.40. The maximum Gasteiger partial charge on any atom is 0.262 e. The molecule has 0 bridgehead atoms. The summed E-state index contributed by atoms with van der Waals surface area (Å²) < 4.78 is 7.17. The van der Waals surface area contributed by atoms with Crippen LogP contribution in [0.2, 0.25) is 0 Å². The summed E-state index contributed by atoms with van der Waals surface area (Å²) in [5.41, 5.74) is 2.14. The van der Waals surface area contributed by atoms with Gasteiger partial charge in [-0.2, -0.15) is 5.10 Å². The van der Waals surface area contributed by atoms with Gasteiger partial charge in [0.25, 0.3) is 5.91 Å². The SMILES string of the molecule is Cc1ccnn1CCC(=O)N1CCC(C(=O)c2ccc3c(c2)NC(=O)CO3)CC1. The van der Waals surface area contributed by atoms with Crippen molar-refractivity contribution in [3.05, 3.63) is 41.7 Å². The Labute approximate surface area is 168 Å². The summed E-state index contributed by atoms with van der Waals surface area (Å²) in [5.74, 6) is 0.380. The van der Waals surface area contributed by atoms with Crippen molar-refractivity contribution in [1.29, 1.82) is 0 Å². The molecule has 0 saturated carbocycles. The lowest BCUT2D eigenvalue weighted by atomic mass is 9.88. The average molecular weight is 396 g/mol. The van der Waals surface area contributed by atoms with Gasteiger partial charge < -0.3 is 15.0 Å². The van der Waals surface area contributed by atoms with E-state index in [-0.39, 0.29) is 30.1 Å². The Kier molecular flexibility index (Phi) is 5.33. The standard InChI is InChI=1S/C21H24N4O4/c1-14-4-8-22-25(14)11-7-20(27)24-9-5-15(6-10-24)21(28)16-2-3-18-17(12-16)23-19(26)13-29-18/h2-4,8,12,15H,5-7,9-11,13H2,1H3,(H,23,26). The van der Waals surface area contributed by atoms with Crippen molar-refractivity contribution in [2.24, 2.45) is 5.92 Å². The number of carbonyl (C=O) groups excluding carboxylic acids is 3. The number of rotatable bonds is 5. The molecular formula is C21H24N4O4. The first-order valence-electron chi connectivity index (χ1n) is 9.88. The van der Waals surface area contributed by atoms with E-state index < -0.39 is 0 Å². The van der Waals surface area contributed by atoms with Crippen molar-refractivity contribution >= 4 is 23.3 Å². The molecule has 1 saturated heterocycles. The van der Waals surface area contributed by atoms with E-state index in [0.717, 1.165) is 5.69 Å². The number of fused-ring (bicyclic) bond motifs is 1. The average Bonchev–Trinajstić information content (AvgIpc) is 3.15. The second-order valence-electron chi connectivity index (χ2n) is 7.51. The molecule has 1 aromatic carbocycles. The van der Waals surface area contributed by atoms with Crippen LogP contribution in [0.1, 0.15) is 35.3 Å². The molecule has 2 aromatic rings. The molecule has 152 valence electrons. The van der Waals surface area contributed by atoms with Gasteiger partial charge in [0, 0.05) is 49.4 Å². The number of piperidine rings is 1. The van der Waals surface area contributed by atoms with Crippen molar-refractivity contribution < 1.29 is 19.1 Å². The Balaban J connectivity index is 1.31. The van der Waals surface area contributed by atoms with Gasteiger partial charge in [0.2, 0.25) is 5.91 Å². The molecule has 8 nitrogen and oxygen atoms in total. The van der Waals surface area contributed by atoms with Gasteiger partial charge in [-0.25, -0.2) is 0 Å². The molecule has 1 aromatic heterocycles. The number of ether oxygens (including phenoxy) is 1. The number of hydrogen-bond acceptors (Lipinski definition) is 5. The molecule has 0 spiro atoms. The zero-order chi connectivity index (χ0) is 20.4. The van der Waals surface area contributed by atoms with E-state index in [2.05, 4.69) is 10.4 Å². The van der Waals surface area contributed by atoms with Crippen molar-refractivity contribution in [3.8, 4) is 5.75 Å². The smallest absolute Gasteiger partial charge is 0.262 e.